The highest BCUT2D eigenvalue weighted by atomic mass is 16.6. The maximum absolute atomic E-state index is 14.5. The van der Waals surface area contributed by atoms with E-state index in [1.807, 2.05) is 60.4 Å². The Labute approximate surface area is 272 Å². The third-order valence-electron chi connectivity index (χ3n) is 9.77. The highest BCUT2D eigenvalue weighted by molar-refractivity contribution is 5.99. The Morgan fingerprint density at radius 2 is 1.72 bits per heavy atom. The van der Waals surface area contributed by atoms with Crippen LogP contribution in [0.1, 0.15) is 83.3 Å². The van der Waals surface area contributed by atoms with Gasteiger partial charge in [-0.3, -0.25) is 19.2 Å². The summed E-state index contributed by atoms with van der Waals surface area (Å²) in [7, 11) is 0. The van der Waals surface area contributed by atoms with Gasteiger partial charge in [-0.1, -0.05) is 87.2 Å². The quantitative estimate of drug-likeness (QED) is 0.215. The number of likely N-dealkylation sites (tertiary alicyclic amines) is 1. The molecule has 10 heteroatoms. The lowest BCUT2D eigenvalue weighted by Crippen LogP contribution is -2.55. The normalized spacial score (nSPS) is 32.1. The molecule has 0 saturated carbocycles. The van der Waals surface area contributed by atoms with Crippen LogP contribution in [0, 0.1) is 11.8 Å². The highest BCUT2D eigenvalue weighted by Gasteiger charge is 2.71. The molecule has 4 aliphatic rings. The van der Waals surface area contributed by atoms with Crippen molar-refractivity contribution < 1.29 is 33.8 Å². The summed E-state index contributed by atoms with van der Waals surface area (Å²) in [6, 6.07) is 7.86. The van der Waals surface area contributed by atoms with Gasteiger partial charge in [0.2, 0.25) is 17.7 Å². The fourth-order valence-corrected chi connectivity index (χ4v) is 7.49. The van der Waals surface area contributed by atoms with Gasteiger partial charge in [0.15, 0.2) is 0 Å². The van der Waals surface area contributed by atoms with E-state index in [9.17, 15) is 24.3 Å². The zero-order chi connectivity index (χ0) is 32.7. The van der Waals surface area contributed by atoms with E-state index >= 15 is 0 Å². The predicted molar refractivity (Wildman–Crippen MR) is 172 cm³/mol. The van der Waals surface area contributed by atoms with Crippen molar-refractivity contribution in [3.05, 3.63) is 60.2 Å². The second kappa shape index (κ2) is 15.4. The lowest BCUT2D eigenvalue weighted by molar-refractivity contribution is -0.161. The van der Waals surface area contributed by atoms with Crippen molar-refractivity contribution in [2.45, 2.75) is 102 Å². The molecule has 1 spiro atoms. The number of hydrogen-bond donors (Lipinski definition) is 2. The van der Waals surface area contributed by atoms with Crippen molar-refractivity contribution in [1.29, 1.82) is 0 Å². The molecule has 2 N–H and O–H groups in total. The Kier molecular flexibility index (Phi) is 11.3. The molecule has 0 unspecified atom stereocenters. The molecule has 4 heterocycles. The number of esters is 1. The number of benzene rings is 1. The van der Waals surface area contributed by atoms with E-state index in [1.165, 1.54) is 0 Å². The average molecular weight is 636 g/mol. The number of hydrogen-bond acceptors (Lipinski definition) is 7. The van der Waals surface area contributed by atoms with Crippen LogP contribution in [-0.4, -0.2) is 88.6 Å². The summed E-state index contributed by atoms with van der Waals surface area (Å²) in [6.07, 6.45) is 12.3. The second-order valence-corrected chi connectivity index (χ2v) is 13.0. The zero-order valence-corrected chi connectivity index (χ0v) is 27.1. The molecule has 1 aromatic carbocycles. The summed E-state index contributed by atoms with van der Waals surface area (Å²) in [4.78, 5) is 59.5. The van der Waals surface area contributed by atoms with Crippen LogP contribution >= 0.6 is 0 Å². The van der Waals surface area contributed by atoms with Crippen LogP contribution in [0.4, 0.5) is 0 Å². The molecule has 46 heavy (non-hydrogen) atoms. The van der Waals surface area contributed by atoms with Gasteiger partial charge in [-0.15, -0.1) is 0 Å². The van der Waals surface area contributed by atoms with Crippen molar-refractivity contribution in [3.8, 4) is 0 Å². The molecule has 3 amide bonds. The number of carbonyl (C=O) groups excluding carboxylic acids is 4. The van der Waals surface area contributed by atoms with Gasteiger partial charge in [-0.2, -0.15) is 0 Å². The van der Waals surface area contributed by atoms with E-state index in [2.05, 4.69) is 12.2 Å². The van der Waals surface area contributed by atoms with Gasteiger partial charge >= 0.3 is 5.97 Å². The van der Waals surface area contributed by atoms with E-state index in [4.69, 9.17) is 9.47 Å². The smallest absolute Gasteiger partial charge is 0.313 e. The molecule has 0 aliphatic carbocycles. The Bertz CT molecular complexity index is 1300. The number of rotatable bonds is 11. The van der Waals surface area contributed by atoms with Crippen LogP contribution in [0.3, 0.4) is 0 Å². The summed E-state index contributed by atoms with van der Waals surface area (Å²) < 4.78 is 13.0. The Balaban J connectivity index is 1.53. The SMILES string of the molecule is CCCCCN1CC=C[C@]23O[C@@H]4/C=C\CCC(=O)N[C@H](C)[C@@H](c5ccccc5)OC(=O)[C@@H]4[C@H]2C(=O)N(CCCCCCO)[C@@H]3C1=O. The number of unbranched alkanes of at least 4 members (excludes halogenated alkanes) is 5. The van der Waals surface area contributed by atoms with E-state index in [1.54, 1.807) is 11.0 Å². The van der Waals surface area contributed by atoms with Gasteiger partial charge in [0.05, 0.1) is 18.1 Å². The molecule has 0 radical (unpaired) electrons. The summed E-state index contributed by atoms with van der Waals surface area (Å²) >= 11 is 0. The van der Waals surface area contributed by atoms with Crippen molar-refractivity contribution in [3.63, 3.8) is 0 Å². The molecule has 4 aliphatic heterocycles. The lowest BCUT2D eigenvalue weighted by Gasteiger charge is -2.35. The Morgan fingerprint density at radius 1 is 0.957 bits per heavy atom. The first-order valence-corrected chi connectivity index (χ1v) is 17.1. The molecule has 0 bridgehead atoms. The number of nitrogens with zero attached hydrogens (tertiary/aromatic N) is 2. The minimum atomic E-state index is -1.33. The zero-order valence-electron chi connectivity index (χ0n) is 27.1. The van der Waals surface area contributed by atoms with Gasteiger partial charge in [-0.25, -0.2) is 0 Å². The molecule has 0 aromatic heterocycles. The minimum absolute atomic E-state index is 0.116. The number of amides is 3. The predicted octanol–water partition coefficient (Wildman–Crippen LogP) is 3.85. The molecule has 5 rings (SSSR count). The number of nitrogens with one attached hydrogen (secondary N) is 1. The van der Waals surface area contributed by atoms with Crippen LogP contribution < -0.4 is 5.32 Å². The van der Waals surface area contributed by atoms with Crippen molar-refractivity contribution in [2.24, 2.45) is 11.8 Å². The number of allylic oxidation sites excluding steroid dienone is 1. The molecular weight excluding hydrogens is 586 g/mol. The molecule has 1 aromatic rings. The van der Waals surface area contributed by atoms with Gasteiger partial charge in [0, 0.05) is 32.7 Å². The lowest BCUT2D eigenvalue weighted by atomic mass is 9.77. The fraction of sp³-hybridized carbons (Fsp3) is 0.611. The Morgan fingerprint density at radius 3 is 2.48 bits per heavy atom. The maximum atomic E-state index is 14.5. The summed E-state index contributed by atoms with van der Waals surface area (Å²) in [6.45, 7) is 5.39. The highest BCUT2D eigenvalue weighted by Crippen LogP contribution is 2.53. The van der Waals surface area contributed by atoms with E-state index < -0.39 is 47.7 Å². The summed E-state index contributed by atoms with van der Waals surface area (Å²) in [5.74, 6) is -3.11. The molecule has 2 saturated heterocycles. The van der Waals surface area contributed by atoms with Crippen LogP contribution in [0.25, 0.3) is 0 Å². The number of carbonyl (C=O) groups is 4. The average Bonchev–Trinajstić information content (AvgIpc) is 3.43. The van der Waals surface area contributed by atoms with Crippen LogP contribution in [0.5, 0.6) is 0 Å². The van der Waals surface area contributed by atoms with E-state index in [0.29, 0.717) is 38.9 Å². The van der Waals surface area contributed by atoms with Crippen LogP contribution in [-0.2, 0) is 28.7 Å². The van der Waals surface area contributed by atoms with E-state index in [-0.39, 0.29) is 30.7 Å². The van der Waals surface area contributed by atoms with Crippen LogP contribution in [0.2, 0.25) is 0 Å². The number of ether oxygens (including phenoxy) is 2. The number of fused-ring (bicyclic) bond motifs is 2. The molecule has 10 nitrogen and oxygen atoms in total. The summed E-state index contributed by atoms with van der Waals surface area (Å²) in [5.41, 5.74) is -0.603. The number of aliphatic hydroxyl groups is 1. The topological polar surface area (TPSA) is 125 Å². The molecule has 250 valence electrons. The standard InChI is InChI=1S/C36H49N3O7/c1-3-4-12-21-38-22-15-20-36-30(33(42)39(32(36)34(38)43)23-13-5-6-14-24-40)29-27(46-36)18-10-11-19-28(41)37-25(2)31(45-35(29)44)26-16-8-7-9-17-26/h7-10,15-18,20,25,27,29-32,40H,3-6,11-14,19,21-24H2,1-2H3,(H,37,41)/b18-10-/t25-,27-,29+,30+,31+,32-,36+/m1/s1. The molecule has 7 atom stereocenters. The van der Waals surface area contributed by atoms with Crippen molar-refractivity contribution in [1.82, 2.24) is 15.1 Å². The second-order valence-electron chi connectivity index (χ2n) is 13.0. The van der Waals surface area contributed by atoms with Crippen molar-refractivity contribution in [2.75, 3.05) is 26.2 Å². The van der Waals surface area contributed by atoms with Crippen LogP contribution in [0.15, 0.2) is 54.6 Å². The minimum Gasteiger partial charge on any atom is -0.455 e. The number of aliphatic hydroxyl groups excluding tert-OH is 1. The monoisotopic (exact) mass is 635 g/mol. The first-order valence-electron chi connectivity index (χ1n) is 17.1. The van der Waals surface area contributed by atoms with Crippen molar-refractivity contribution >= 4 is 23.7 Å². The first-order chi connectivity index (χ1) is 22.3. The van der Waals surface area contributed by atoms with Gasteiger partial charge in [-0.05, 0) is 38.2 Å². The third kappa shape index (κ3) is 6.93. The largest absolute Gasteiger partial charge is 0.455 e. The van der Waals surface area contributed by atoms with Gasteiger partial charge < -0.3 is 29.7 Å². The molecule has 2 fully saturated rings. The summed E-state index contributed by atoms with van der Waals surface area (Å²) in [5, 5.41) is 12.2. The first kappa shape index (κ1) is 33.9. The Hall–Kier alpha value is -3.50. The van der Waals surface area contributed by atoms with Gasteiger partial charge in [0.25, 0.3) is 0 Å². The maximum Gasteiger partial charge on any atom is 0.313 e. The van der Waals surface area contributed by atoms with E-state index in [0.717, 1.165) is 37.7 Å². The fourth-order valence-electron chi connectivity index (χ4n) is 7.49. The van der Waals surface area contributed by atoms with Gasteiger partial charge in [0.1, 0.15) is 23.7 Å². The number of cyclic esters (lactones) is 1. The third-order valence-corrected chi connectivity index (χ3v) is 9.77. The molecular formula is C36H49N3O7.